The number of hydrogen-bond acceptors (Lipinski definition) is 4. The van der Waals surface area contributed by atoms with Crippen molar-refractivity contribution in [1.82, 2.24) is 9.97 Å². The molecule has 2 heterocycles. The number of ether oxygens (including phenoxy) is 1. The third-order valence-corrected chi connectivity index (χ3v) is 3.96. The minimum Gasteiger partial charge on any atom is -0.377 e. The van der Waals surface area contributed by atoms with Crippen LogP contribution in [0.15, 0.2) is 34.9 Å². The van der Waals surface area contributed by atoms with Crippen LogP contribution in [0.1, 0.15) is 11.4 Å². The Morgan fingerprint density at radius 3 is 2.80 bits per heavy atom. The third-order valence-electron chi connectivity index (χ3n) is 3.47. The predicted octanol–water partition coefficient (Wildman–Crippen LogP) is 3.01. The van der Waals surface area contributed by atoms with Crippen LogP contribution < -0.4 is 0 Å². The van der Waals surface area contributed by atoms with Crippen molar-refractivity contribution in [3.8, 4) is 17.3 Å². The monoisotopic (exact) mass is 329 g/mol. The fraction of sp³-hybridized carbons (Fsp3) is 0.267. The minimum absolute atomic E-state index is 0.365. The van der Waals surface area contributed by atoms with E-state index in [0.29, 0.717) is 19.0 Å². The molecular formula is C15H12BrN3O. The molecule has 1 saturated heterocycles. The van der Waals surface area contributed by atoms with Crippen LogP contribution in [-0.4, -0.2) is 23.2 Å². The van der Waals surface area contributed by atoms with Crippen LogP contribution in [0.4, 0.5) is 0 Å². The number of halogens is 1. The number of rotatable bonds is 2. The van der Waals surface area contributed by atoms with Gasteiger partial charge in [0.2, 0.25) is 0 Å². The Balaban J connectivity index is 2.08. The molecule has 5 heteroatoms. The lowest BCUT2D eigenvalue weighted by molar-refractivity contribution is -0.0338. The first-order chi connectivity index (χ1) is 9.64. The highest BCUT2D eigenvalue weighted by molar-refractivity contribution is 9.10. The molecule has 0 radical (unpaired) electrons. The molecule has 0 atom stereocenters. The van der Waals surface area contributed by atoms with E-state index in [0.717, 1.165) is 21.3 Å². The second-order valence-electron chi connectivity index (χ2n) is 4.91. The van der Waals surface area contributed by atoms with Crippen molar-refractivity contribution in [2.45, 2.75) is 12.3 Å². The van der Waals surface area contributed by atoms with Gasteiger partial charge in [-0.25, -0.2) is 9.97 Å². The van der Waals surface area contributed by atoms with E-state index in [1.54, 1.807) is 6.20 Å². The van der Waals surface area contributed by atoms with Crippen LogP contribution in [0, 0.1) is 18.3 Å². The molecule has 0 N–H and O–H groups in total. The fourth-order valence-corrected chi connectivity index (χ4v) is 2.52. The predicted molar refractivity (Wildman–Crippen MR) is 78.0 cm³/mol. The standard InChI is InChI=1S/C15H12BrN3O/c1-10-2-3-11(16)6-12(10)13-4-5-18-14(19-13)15(7-17)8-20-9-15/h2-6H,8-9H2,1H3. The van der Waals surface area contributed by atoms with E-state index in [1.165, 1.54) is 0 Å². The van der Waals surface area contributed by atoms with E-state index in [9.17, 15) is 5.26 Å². The second-order valence-corrected chi connectivity index (χ2v) is 5.83. The molecule has 1 fully saturated rings. The Morgan fingerprint density at radius 1 is 1.35 bits per heavy atom. The first kappa shape index (κ1) is 13.2. The number of hydrogen-bond donors (Lipinski definition) is 0. The van der Waals surface area contributed by atoms with Gasteiger partial charge in [0.1, 0.15) is 0 Å². The molecule has 20 heavy (non-hydrogen) atoms. The smallest absolute Gasteiger partial charge is 0.163 e. The second kappa shape index (κ2) is 4.97. The maximum atomic E-state index is 9.33. The van der Waals surface area contributed by atoms with Gasteiger partial charge in [0.05, 0.1) is 25.0 Å². The summed E-state index contributed by atoms with van der Waals surface area (Å²) in [7, 11) is 0. The topological polar surface area (TPSA) is 58.8 Å². The summed E-state index contributed by atoms with van der Waals surface area (Å²) in [6.45, 7) is 2.77. The molecule has 3 rings (SSSR count). The lowest BCUT2D eigenvalue weighted by atomic mass is 9.86. The Morgan fingerprint density at radius 2 is 2.15 bits per heavy atom. The van der Waals surface area contributed by atoms with Crippen LogP contribution >= 0.6 is 15.9 Å². The van der Waals surface area contributed by atoms with Crippen LogP contribution in [0.3, 0.4) is 0 Å². The third kappa shape index (κ3) is 2.11. The Bertz CT molecular complexity index is 705. The van der Waals surface area contributed by atoms with Crippen molar-refractivity contribution in [3.63, 3.8) is 0 Å². The Kier molecular flexibility index (Phi) is 3.28. The van der Waals surface area contributed by atoms with Gasteiger partial charge in [0, 0.05) is 16.2 Å². The van der Waals surface area contributed by atoms with Gasteiger partial charge in [0.25, 0.3) is 0 Å². The zero-order valence-electron chi connectivity index (χ0n) is 10.9. The quantitative estimate of drug-likeness (QED) is 0.849. The van der Waals surface area contributed by atoms with Gasteiger partial charge in [-0.2, -0.15) is 5.26 Å². The average Bonchev–Trinajstić information content (AvgIpc) is 2.41. The molecule has 0 spiro atoms. The normalized spacial score (nSPS) is 16.2. The maximum Gasteiger partial charge on any atom is 0.163 e. The Hall–Kier alpha value is -1.77. The molecule has 2 aromatic rings. The van der Waals surface area contributed by atoms with Crippen LogP contribution in [0.25, 0.3) is 11.3 Å². The number of nitriles is 1. The van der Waals surface area contributed by atoms with E-state index in [-0.39, 0.29) is 0 Å². The van der Waals surface area contributed by atoms with E-state index in [1.807, 2.05) is 31.2 Å². The van der Waals surface area contributed by atoms with Crippen LogP contribution in [0.5, 0.6) is 0 Å². The van der Waals surface area contributed by atoms with Gasteiger partial charge in [-0.3, -0.25) is 0 Å². The van der Waals surface area contributed by atoms with E-state index >= 15 is 0 Å². The van der Waals surface area contributed by atoms with E-state index in [4.69, 9.17) is 4.74 Å². The number of nitrogens with zero attached hydrogens (tertiary/aromatic N) is 3. The highest BCUT2D eigenvalue weighted by atomic mass is 79.9. The first-order valence-electron chi connectivity index (χ1n) is 6.24. The van der Waals surface area contributed by atoms with Gasteiger partial charge in [-0.05, 0) is 30.7 Å². The number of benzene rings is 1. The van der Waals surface area contributed by atoms with Crippen molar-refractivity contribution >= 4 is 15.9 Å². The molecule has 1 aliphatic rings. The summed E-state index contributed by atoms with van der Waals surface area (Å²) in [5, 5.41) is 9.33. The minimum atomic E-state index is -0.685. The van der Waals surface area contributed by atoms with Crippen LogP contribution in [0.2, 0.25) is 0 Å². The van der Waals surface area contributed by atoms with E-state index < -0.39 is 5.41 Å². The zero-order valence-corrected chi connectivity index (χ0v) is 12.5. The summed E-state index contributed by atoms with van der Waals surface area (Å²) in [6.07, 6.45) is 1.70. The molecule has 0 aliphatic carbocycles. The summed E-state index contributed by atoms with van der Waals surface area (Å²) in [6, 6.07) is 10.2. The number of aromatic nitrogens is 2. The van der Waals surface area contributed by atoms with Gasteiger partial charge in [-0.1, -0.05) is 22.0 Å². The van der Waals surface area contributed by atoms with Crippen molar-refractivity contribution in [3.05, 3.63) is 46.3 Å². The van der Waals surface area contributed by atoms with Gasteiger partial charge in [0.15, 0.2) is 11.2 Å². The molecule has 1 aromatic heterocycles. The molecule has 0 bridgehead atoms. The maximum absolute atomic E-state index is 9.33. The highest BCUT2D eigenvalue weighted by Crippen LogP contribution is 2.31. The summed E-state index contributed by atoms with van der Waals surface area (Å²) in [5.41, 5.74) is 2.32. The number of aryl methyl sites for hydroxylation is 1. The molecule has 100 valence electrons. The van der Waals surface area contributed by atoms with Gasteiger partial charge >= 0.3 is 0 Å². The van der Waals surface area contributed by atoms with Gasteiger partial charge < -0.3 is 4.74 Å². The molecular weight excluding hydrogens is 318 g/mol. The largest absolute Gasteiger partial charge is 0.377 e. The molecule has 0 amide bonds. The summed E-state index contributed by atoms with van der Waals surface area (Å²) in [4.78, 5) is 8.83. The Labute approximate surface area is 125 Å². The SMILES string of the molecule is Cc1ccc(Br)cc1-c1ccnc(C2(C#N)COC2)n1. The summed E-state index contributed by atoms with van der Waals surface area (Å²) in [5.74, 6) is 0.545. The van der Waals surface area contributed by atoms with Crippen molar-refractivity contribution in [2.24, 2.45) is 0 Å². The van der Waals surface area contributed by atoms with Crippen molar-refractivity contribution in [2.75, 3.05) is 13.2 Å². The fourth-order valence-electron chi connectivity index (χ4n) is 2.16. The molecule has 4 nitrogen and oxygen atoms in total. The first-order valence-corrected chi connectivity index (χ1v) is 7.03. The molecule has 1 aliphatic heterocycles. The molecule has 0 saturated carbocycles. The molecule has 0 unspecified atom stereocenters. The van der Waals surface area contributed by atoms with Gasteiger partial charge in [-0.15, -0.1) is 0 Å². The average molecular weight is 330 g/mol. The highest BCUT2D eigenvalue weighted by Gasteiger charge is 2.43. The summed E-state index contributed by atoms with van der Waals surface area (Å²) < 4.78 is 6.16. The molecule has 1 aromatic carbocycles. The van der Waals surface area contributed by atoms with Crippen molar-refractivity contribution < 1.29 is 4.74 Å². The zero-order chi connectivity index (χ0) is 14.2. The van der Waals surface area contributed by atoms with Crippen molar-refractivity contribution in [1.29, 1.82) is 5.26 Å². The lowest BCUT2D eigenvalue weighted by Gasteiger charge is -2.33. The summed E-state index contributed by atoms with van der Waals surface area (Å²) >= 11 is 3.47. The van der Waals surface area contributed by atoms with E-state index in [2.05, 4.69) is 32.0 Å². The van der Waals surface area contributed by atoms with Crippen LogP contribution in [-0.2, 0) is 10.2 Å². The lowest BCUT2D eigenvalue weighted by Crippen LogP contribution is -2.46.